The number of rotatable bonds is 16. The SMILES string of the molecule is CSCCC(NC(=O)C(CC(N)=O)NC(=O)C(Cc1c[nH]c2ccccc12)NC(=O)C(N)Cc1c[nH]c2ccccc12)C(=O)O. The fourth-order valence-corrected chi connectivity index (χ4v) is 5.56. The first-order valence-corrected chi connectivity index (χ1v) is 15.7. The normalized spacial score (nSPS) is 13.9. The van der Waals surface area contributed by atoms with Crippen LogP contribution in [0.5, 0.6) is 0 Å². The third-order valence-electron chi connectivity index (χ3n) is 7.45. The second-order valence-electron chi connectivity index (χ2n) is 10.7. The number of para-hydroxylation sites is 2. The van der Waals surface area contributed by atoms with Gasteiger partial charge in [0, 0.05) is 40.6 Å². The summed E-state index contributed by atoms with van der Waals surface area (Å²) in [5, 5.41) is 18.9. The van der Waals surface area contributed by atoms with E-state index in [-0.39, 0.29) is 19.3 Å². The van der Waals surface area contributed by atoms with Crippen LogP contribution in [0.4, 0.5) is 0 Å². The monoisotopic (exact) mass is 635 g/mol. The number of primary amides is 1. The molecule has 13 nitrogen and oxygen atoms in total. The number of H-pyrrole nitrogens is 2. The van der Waals surface area contributed by atoms with E-state index in [0.29, 0.717) is 5.75 Å². The number of hydrogen-bond donors (Lipinski definition) is 8. The zero-order valence-electron chi connectivity index (χ0n) is 24.7. The van der Waals surface area contributed by atoms with E-state index in [4.69, 9.17) is 11.5 Å². The Kier molecular flexibility index (Phi) is 11.2. The summed E-state index contributed by atoms with van der Waals surface area (Å²) in [6, 6.07) is 10.1. The first kappa shape index (κ1) is 33.1. The van der Waals surface area contributed by atoms with Crippen molar-refractivity contribution in [3.05, 3.63) is 72.1 Å². The number of nitrogens with two attached hydrogens (primary N) is 2. The maximum absolute atomic E-state index is 13.7. The number of aromatic amines is 2. The van der Waals surface area contributed by atoms with E-state index in [1.165, 1.54) is 11.8 Å². The van der Waals surface area contributed by atoms with E-state index in [9.17, 15) is 29.1 Å². The Hall–Kier alpha value is -4.82. The van der Waals surface area contributed by atoms with Gasteiger partial charge in [-0.05, 0) is 48.1 Å². The molecule has 2 aromatic carbocycles. The van der Waals surface area contributed by atoms with Crippen LogP contribution in [0.2, 0.25) is 0 Å². The molecule has 4 unspecified atom stereocenters. The number of aromatic nitrogens is 2. The molecular weight excluding hydrogens is 598 g/mol. The number of carboxylic acids is 1. The minimum absolute atomic E-state index is 0.0256. The molecule has 4 amide bonds. The molecule has 238 valence electrons. The predicted molar refractivity (Wildman–Crippen MR) is 172 cm³/mol. The van der Waals surface area contributed by atoms with Crippen LogP contribution in [0.15, 0.2) is 60.9 Å². The maximum Gasteiger partial charge on any atom is 0.326 e. The highest BCUT2D eigenvalue weighted by Crippen LogP contribution is 2.21. The second-order valence-corrected chi connectivity index (χ2v) is 11.7. The number of nitrogens with one attached hydrogen (secondary N) is 5. The molecule has 0 bridgehead atoms. The van der Waals surface area contributed by atoms with E-state index >= 15 is 0 Å². The number of hydrogen-bond acceptors (Lipinski definition) is 7. The molecule has 0 aliphatic rings. The summed E-state index contributed by atoms with van der Waals surface area (Å²) < 4.78 is 0. The van der Waals surface area contributed by atoms with Crippen LogP contribution in [0, 0.1) is 0 Å². The Morgan fingerprint density at radius 2 is 1.29 bits per heavy atom. The Morgan fingerprint density at radius 1 is 0.778 bits per heavy atom. The summed E-state index contributed by atoms with van der Waals surface area (Å²) in [7, 11) is 0. The molecule has 0 aliphatic carbocycles. The van der Waals surface area contributed by atoms with Crippen molar-refractivity contribution in [2.75, 3.05) is 12.0 Å². The molecule has 2 heterocycles. The van der Waals surface area contributed by atoms with E-state index < -0.39 is 60.2 Å². The molecule has 2 aromatic heterocycles. The van der Waals surface area contributed by atoms with Gasteiger partial charge in [-0.1, -0.05) is 36.4 Å². The lowest BCUT2D eigenvalue weighted by molar-refractivity contribution is -0.142. The standard InChI is InChI=1S/C31H37N7O6S/c1-45-11-10-24(31(43)44)36-30(42)26(14-27(33)39)38-29(41)25(13-18-16-35-23-9-5-3-7-20(18)23)37-28(40)21(32)12-17-15-34-22-8-4-2-6-19(17)22/h2-9,15-16,21,24-26,34-35H,10-14,32H2,1H3,(H2,33,39)(H,36,42)(H,37,40)(H,38,41)(H,43,44). The van der Waals surface area contributed by atoms with Gasteiger partial charge in [0.25, 0.3) is 0 Å². The van der Waals surface area contributed by atoms with Crippen molar-refractivity contribution >= 4 is 63.2 Å². The number of carboxylic acid groups (broad SMARTS) is 1. The van der Waals surface area contributed by atoms with Crippen LogP contribution in [0.1, 0.15) is 24.0 Å². The lowest BCUT2D eigenvalue weighted by atomic mass is 10.0. The van der Waals surface area contributed by atoms with Gasteiger partial charge in [-0.15, -0.1) is 0 Å². The highest BCUT2D eigenvalue weighted by molar-refractivity contribution is 7.98. The van der Waals surface area contributed by atoms with Crippen molar-refractivity contribution in [3.63, 3.8) is 0 Å². The smallest absolute Gasteiger partial charge is 0.326 e. The Labute approximate surface area is 263 Å². The second kappa shape index (κ2) is 15.3. The van der Waals surface area contributed by atoms with Crippen molar-refractivity contribution < 1.29 is 29.1 Å². The van der Waals surface area contributed by atoms with E-state index in [0.717, 1.165) is 32.9 Å². The zero-order chi connectivity index (χ0) is 32.5. The number of benzene rings is 2. The number of amides is 4. The van der Waals surface area contributed by atoms with Gasteiger partial charge in [-0.25, -0.2) is 4.79 Å². The van der Waals surface area contributed by atoms with Crippen molar-refractivity contribution in [2.24, 2.45) is 11.5 Å². The van der Waals surface area contributed by atoms with Crippen LogP contribution >= 0.6 is 11.8 Å². The Bertz CT molecular complexity index is 1680. The predicted octanol–water partition coefficient (Wildman–Crippen LogP) is 0.929. The molecule has 4 atom stereocenters. The maximum atomic E-state index is 13.7. The first-order valence-electron chi connectivity index (χ1n) is 14.3. The van der Waals surface area contributed by atoms with E-state index in [2.05, 4.69) is 25.9 Å². The van der Waals surface area contributed by atoms with Gasteiger partial charge in [-0.3, -0.25) is 19.2 Å². The molecule has 4 aromatic rings. The zero-order valence-corrected chi connectivity index (χ0v) is 25.5. The molecule has 0 aliphatic heterocycles. The molecule has 14 heteroatoms. The van der Waals surface area contributed by atoms with Crippen molar-refractivity contribution in [1.29, 1.82) is 0 Å². The van der Waals surface area contributed by atoms with Gasteiger partial charge in [-0.2, -0.15) is 11.8 Å². The van der Waals surface area contributed by atoms with Gasteiger partial charge >= 0.3 is 5.97 Å². The summed E-state index contributed by atoms with van der Waals surface area (Å²) in [4.78, 5) is 70.0. The molecule has 0 radical (unpaired) electrons. The minimum Gasteiger partial charge on any atom is -0.480 e. The first-order chi connectivity index (χ1) is 21.6. The lowest BCUT2D eigenvalue weighted by Crippen LogP contribution is -2.58. The molecule has 10 N–H and O–H groups in total. The molecule has 0 saturated heterocycles. The van der Waals surface area contributed by atoms with Gasteiger partial charge in [0.05, 0.1) is 12.5 Å². The van der Waals surface area contributed by atoms with Crippen molar-refractivity contribution in [2.45, 2.75) is 49.9 Å². The largest absolute Gasteiger partial charge is 0.480 e. The number of fused-ring (bicyclic) bond motifs is 2. The fourth-order valence-electron chi connectivity index (χ4n) is 5.09. The fraction of sp³-hybridized carbons (Fsp3) is 0.323. The average molecular weight is 636 g/mol. The number of carbonyl (C=O) groups excluding carboxylic acids is 4. The topological polar surface area (TPSA) is 225 Å². The van der Waals surface area contributed by atoms with Crippen molar-refractivity contribution in [1.82, 2.24) is 25.9 Å². The van der Waals surface area contributed by atoms with Crippen molar-refractivity contribution in [3.8, 4) is 0 Å². The molecule has 0 saturated carbocycles. The number of aliphatic carboxylic acids is 1. The molecule has 0 fully saturated rings. The molecule has 45 heavy (non-hydrogen) atoms. The van der Waals surface area contributed by atoms with Crippen LogP contribution in [-0.2, 0) is 36.8 Å². The quantitative estimate of drug-likeness (QED) is 0.0882. The third-order valence-corrected chi connectivity index (χ3v) is 8.09. The highest BCUT2D eigenvalue weighted by atomic mass is 32.2. The summed E-state index contributed by atoms with van der Waals surface area (Å²) in [6.07, 6.45) is 5.07. The van der Waals surface area contributed by atoms with E-state index in [1.54, 1.807) is 18.6 Å². The van der Waals surface area contributed by atoms with Gasteiger partial charge < -0.3 is 42.5 Å². The van der Waals surface area contributed by atoms with Crippen LogP contribution in [0.3, 0.4) is 0 Å². The summed E-state index contributed by atoms with van der Waals surface area (Å²) in [5.74, 6) is -3.94. The number of carbonyl (C=O) groups is 5. The van der Waals surface area contributed by atoms with Crippen LogP contribution in [-0.4, -0.2) is 80.8 Å². The Morgan fingerprint density at radius 3 is 1.84 bits per heavy atom. The highest BCUT2D eigenvalue weighted by Gasteiger charge is 2.32. The lowest BCUT2D eigenvalue weighted by Gasteiger charge is -2.25. The molecule has 4 rings (SSSR count). The summed E-state index contributed by atoms with van der Waals surface area (Å²) in [6.45, 7) is 0. The van der Waals surface area contributed by atoms with Gasteiger partial charge in [0.1, 0.15) is 18.1 Å². The molecular formula is C31H37N7O6S. The van der Waals surface area contributed by atoms with Crippen LogP contribution < -0.4 is 27.4 Å². The summed E-state index contributed by atoms with van der Waals surface area (Å²) in [5.41, 5.74) is 14.9. The third kappa shape index (κ3) is 8.64. The number of thioether (sulfide) groups is 1. The summed E-state index contributed by atoms with van der Waals surface area (Å²) >= 11 is 1.41. The van der Waals surface area contributed by atoms with Gasteiger partial charge in [0.15, 0.2) is 0 Å². The minimum atomic E-state index is -1.48. The average Bonchev–Trinajstić information content (AvgIpc) is 3.62. The van der Waals surface area contributed by atoms with Crippen LogP contribution in [0.25, 0.3) is 21.8 Å². The Balaban J connectivity index is 1.55. The van der Waals surface area contributed by atoms with Gasteiger partial charge in [0.2, 0.25) is 23.6 Å². The van der Waals surface area contributed by atoms with E-state index in [1.807, 2.05) is 48.5 Å². The molecule has 0 spiro atoms.